The van der Waals surface area contributed by atoms with E-state index in [0.717, 1.165) is 0 Å². The summed E-state index contributed by atoms with van der Waals surface area (Å²) in [6, 6.07) is 4.35. The predicted octanol–water partition coefficient (Wildman–Crippen LogP) is 0.242. The Kier molecular flexibility index (Phi) is 3.63. The van der Waals surface area contributed by atoms with Gasteiger partial charge in [0.25, 0.3) is 0 Å². The molecule has 0 spiro atoms. The van der Waals surface area contributed by atoms with E-state index in [1.807, 2.05) is 11.6 Å². The number of carbonyl (C=O) groups is 1. The third-order valence-electron chi connectivity index (χ3n) is 2.58. The van der Waals surface area contributed by atoms with Gasteiger partial charge in [0.15, 0.2) is 0 Å². The zero-order chi connectivity index (χ0) is 14.0. The highest BCUT2D eigenvalue weighted by Crippen LogP contribution is 2.31. The molecule has 19 heavy (non-hydrogen) atoms. The van der Waals surface area contributed by atoms with Crippen LogP contribution in [0, 0.1) is 0 Å². The van der Waals surface area contributed by atoms with Gasteiger partial charge in [0.1, 0.15) is 18.4 Å². The number of ether oxygens (including phenoxy) is 1. The fraction of sp³-hybridized carbons (Fsp3) is 0.364. The molecule has 1 atom stereocenters. The molecule has 1 heterocycles. The molecule has 1 aromatic carbocycles. The first-order valence-electron chi connectivity index (χ1n) is 5.64. The molecule has 1 aromatic rings. The van der Waals surface area contributed by atoms with E-state index < -0.39 is 22.5 Å². The molecule has 0 radical (unpaired) electrons. The van der Waals surface area contributed by atoms with Crippen molar-refractivity contribution >= 4 is 21.7 Å². The number of rotatable bonds is 4. The van der Waals surface area contributed by atoms with Crippen molar-refractivity contribution in [1.29, 1.82) is 0 Å². The van der Waals surface area contributed by atoms with Gasteiger partial charge in [0, 0.05) is 0 Å². The Balaban J connectivity index is 2.24. The van der Waals surface area contributed by atoms with Crippen LogP contribution in [0.4, 0.5) is 5.69 Å². The lowest BCUT2D eigenvalue weighted by Crippen LogP contribution is -2.30. The van der Waals surface area contributed by atoms with E-state index in [1.165, 1.54) is 12.1 Å². The molecule has 0 aromatic heterocycles. The molecule has 0 bridgehead atoms. The Labute approximate surface area is 110 Å². The van der Waals surface area contributed by atoms with Crippen LogP contribution in [-0.4, -0.2) is 38.7 Å². The highest BCUT2D eigenvalue weighted by Gasteiger charge is 2.20. The van der Waals surface area contributed by atoms with Crippen LogP contribution in [0.3, 0.4) is 0 Å². The van der Waals surface area contributed by atoms with E-state index in [0.29, 0.717) is 18.0 Å². The normalized spacial score (nSPS) is 18.1. The van der Waals surface area contributed by atoms with Crippen molar-refractivity contribution in [3.63, 3.8) is 0 Å². The molecule has 0 saturated heterocycles. The highest BCUT2D eigenvalue weighted by atomic mass is 32.2. The third kappa shape index (κ3) is 3.15. The van der Waals surface area contributed by atoms with Gasteiger partial charge in [0.05, 0.1) is 17.1 Å². The smallest absolute Gasteiger partial charge is 0.318 e. The molecule has 0 amide bonds. The topological polar surface area (TPSA) is 105 Å². The molecule has 1 unspecified atom stereocenters. The number of hydrogen-bond donors (Lipinski definition) is 3. The van der Waals surface area contributed by atoms with Crippen molar-refractivity contribution in [2.24, 2.45) is 0 Å². The van der Waals surface area contributed by atoms with E-state index in [9.17, 15) is 13.2 Å². The number of fused-ring (bicyclic) bond motifs is 1. The minimum Gasteiger partial charge on any atom is -0.487 e. The summed E-state index contributed by atoms with van der Waals surface area (Å²) >= 11 is 0. The van der Waals surface area contributed by atoms with E-state index >= 15 is 0 Å². The van der Waals surface area contributed by atoms with Crippen LogP contribution in [-0.2, 0) is 14.8 Å². The maximum absolute atomic E-state index is 11.8. The summed E-state index contributed by atoms with van der Waals surface area (Å²) in [6.45, 7) is 1.83. The largest absolute Gasteiger partial charge is 0.487 e. The summed E-state index contributed by atoms with van der Waals surface area (Å²) in [6.07, 6.45) is 0.0140. The van der Waals surface area contributed by atoms with E-state index in [-0.39, 0.29) is 11.0 Å². The van der Waals surface area contributed by atoms with E-state index in [1.54, 1.807) is 6.07 Å². The highest BCUT2D eigenvalue weighted by molar-refractivity contribution is 7.89. The molecular formula is C11H14N2O5S. The van der Waals surface area contributed by atoms with Gasteiger partial charge in [-0.3, -0.25) is 4.79 Å². The quantitative estimate of drug-likeness (QED) is 0.732. The molecule has 1 aliphatic heterocycles. The van der Waals surface area contributed by atoms with Crippen molar-refractivity contribution in [3.05, 3.63) is 18.2 Å². The SMILES string of the molecule is CC1CNc2cc(S(=O)(=O)NCC(=O)O)ccc2O1. The van der Waals surface area contributed by atoms with Gasteiger partial charge in [-0.2, -0.15) is 4.72 Å². The summed E-state index contributed by atoms with van der Waals surface area (Å²) in [5.41, 5.74) is 0.580. The summed E-state index contributed by atoms with van der Waals surface area (Å²) in [5.74, 6) is -0.659. The zero-order valence-corrected chi connectivity index (χ0v) is 11.0. The van der Waals surface area contributed by atoms with Gasteiger partial charge >= 0.3 is 5.97 Å². The predicted molar refractivity (Wildman–Crippen MR) is 67.8 cm³/mol. The second kappa shape index (κ2) is 5.06. The number of benzene rings is 1. The Bertz CT molecular complexity index is 599. The van der Waals surface area contributed by atoms with Crippen LogP contribution in [0.15, 0.2) is 23.1 Å². The van der Waals surface area contributed by atoms with E-state index in [4.69, 9.17) is 9.84 Å². The fourth-order valence-corrected chi connectivity index (χ4v) is 2.67. The van der Waals surface area contributed by atoms with Crippen LogP contribution in [0.5, 0.6) is 5.75 Å². The van der Waals surface area contributed by atoms with E-state index in [2.05, 4.69) is 5.32 Å². The van der Waals surface area contributed by atoms with Crippen LogP contribution in [0.1, 0.15) is 6.92 Å². The van der Waals surface area contributed by atoms with Crippen molar-refractivity contribution < 1.29 is 23.1 Å². The Hall–Kier alpha value is -1.80. The summed E-state index contributed by atoms with van der Waals surface area (Å²) in [7, 11) is -3.83. The lowest BCUT2D eigenvalue weighted by atomic mass is 10.2. The Morgan fingerprint density at radius 2 is 2.32 bits per heavy atom. The number of carboxylic acid groups (broad SMARTS) is 1. The molecule has 104 valence electrons. The second-order valence-corrected chi connectivity index (χ2v) is 5.95. The zero-order valence-electron chi connectivity index (χ0n) is 10.2. The van der Waals surface area contributed by atoms with Crippen molar-refractivity contribution in [2.45, 2.75) is 17.9 Å². The van der Waals surface area contributed by atoms with Crippen molar-refractivity contribution in [1.82, 2.24) is 4.72 Å². The minimum absolute atomic E-state index is 0.00171. The lowest BCUT2D eigenvalue weighted by molar-refractivity contribution is -0.135. The maximum atomic E-state index is 11.8. The monoisotopic (exact) mass is 286 g/mol. The molecule has 0 saturated carbocycles. The van der Waals surface area contributed by atoms with Gasteiger partial charge in [-0.05, 0) is 25.1 Å². The second-order valence-electron chi connectivity index (χ2n) is 4.19. The van der Waals surface area contributed by atoms with Crippen molar-refractivity contribution in [3.8, 4) is 5.75 Å². The number of aliphatic carboxylic acids is 1. The summed E-state index contributed by atoms with van der Waals surface area (Å²) < 4.78 is 31.2. The fourth-order valence-electron chi connectivity index (χ4n) is 1.67. The molecule has 8 heteroatoms. The van der Waals surface area contributed by atoms with Gasteiger partial charge in [-0.25, -0.2) is 8.42 Å². The molecule has 2 rings (SSSR count). The van der Waals surface area contributed by atoms with Gasteiger partial charge < -0.3 is 15.2 Å². The van der Waals surface area contributed by atoms with Gasteiger partial charge in [0.2, 0.25) is 10.0 Å². The molecule has 0 fully saturated rings. The van der Waals surface area contributed by atoms with Gasteiger partial charge in [-0.15, -0.1) is 0 Å². The van der Waals surface area contributed by atoms with Crippen molar-refractivity contribution in [2.75, 3.05) is 18.4 Å². The summed E-state index contributed by atoms with van der Waals surface area (Å²) in [4.78, 5) is 10.4. The Morgan fingerprint density at radius 3 is 3.00 bits per heavy atom. The molecule has 7 nitrogen and oxygen atoms in total. The molecule has 0 aliphatic carbocycles. The number of hydrogen-bond acceptors (Lipinski definition) is 5. The Morgan fingerprint density at radius 1 is 1.58 bits per heavy atom. The number of carboxylic acids is 1. The van der Waals surface area contributed by atoms with Crippen LogP contribution in [0.25, 0.3) is 0 Å². The first kappa shape index (κ1) is 13.6. The minimum atomic E-state index is -3.83. The van der Waals surface area contributed by atoms with Crippen LogP contribution in [0.2, 0.25) is 0 Å². The third-order valence-corrected chi connectivity index (χ3v) is 3.98. The van der Waals surface area contributed by atoms with Crippen LogP contribution >= 0.6 is 0 Å². The first-order valence-corrected chi connectivity index (χ1v) is 7.13. The number of nitrogens with one attached hydrogen (secondary N) is 2. The first-order chi connectivity index (χ1) is 8.88. The maximum Gasteiger partial charge on any atom is 0.318 e. The average Bonchev–Trinajstić information content (AvgIpc) is 2.36. The lowest BCUT2D eigenvalue weighted by Gasteiger charge is -2.25. The number of sulfonamides is 1. The molecular weight excluding hydrogens is 272 g/mol. The average molecular weight is 286 g/mol. The van der Waals surface area contributed by atoms with Crippen LogP contribution < -0.4 is 14.8 Å². The van der Waals surface area contributed by atoms with Gasteiger partial charge in [-0.1, -0.05) is 0 Å². The summed E-state index contributed by atoms with van der Waals surface area (Å²) in [5, 5.41) is 11.5. The molecule has 1 aliphatic rings. The molecule has 3 N–H and O–H groups in total. The standard InChI is InChI=1S/C11H14N2O5S/c1-7-5-12-9-4-8(2-3-10(9)18-7)19(16,17)13-6-11(14)15/h2-4,7,12-13H,5-6H2,1H3,(H,14,15). The number of anilines is 1.